The number of fused-ring (bicyclic) bond motifs is 1. The molecule has 4 nitrogen and oxygen atoms in total. The number of nitrogens with one attached hydrogen (secondary N) is 2. The van der Waals surface area contributed by atoms with E-state index in [1.54, 1.807) is 18.2 Å². The summed E-state index contributed by atoms with van der Waals surface area (Å²) in [5.41, 5.74) is 8.68. The van der Waals surface area contributed by atoms with Crippen LogP contribution < -0.4 is 11.1 Å². The van der Waals surface area contributed by atoms with Gasteiger partial charge in [0.25, 0.3) is 0 Å². The lowest BCUT2D eigenvalue weighted by Gasteiger charge is -2.08. The van der Waals surface area contributed by atoms with Crippen LogP contribution in [-0.2, 0) is 6.54 Å². The van der Waals surface area contributed by atoms with Crippen LogP contribution in [0.2, 0.25) is 5.02 Å². The molecule has 5 heteroatoms. The van der Waals surface area contributed by atoms with Gasteiger partial charge in [-0.1, -0.05) is 29.8 Å². The van der Waals surface area contributed by atoms with Crippen molar-refractivity contribution >= 4 is 34.1 Å². The van der Waals surface area contributed by atoms with Gasteiger partial charge in [0.2, 0.25) is 5.91 Å². The highest BCUT2D eigenvalue weighted by molar-refractivity contribution is 6.34. The number of benzene rings is 2. The number of rotatable bonds is 4. The second-order valence-electron chi connectivity index (χ2n) is 4.77. The van der Waals surface area contributed by atoms with Crippen molar-refractivity contribution in [3.8, 4) is 0 Å². The van der Waals surface area contributed by atoms with Crippen molar-refractivity contribution in [1.82, 2.24) is 4.98 Å². The van der Waals surface area contributed by atoms with E-state index in [4.69, 9.17) is 17.3 Å². The molecule has 3 rings (SSSR count). The fourth-order valence-corrected chi connectivity index (χ4v) is 2.57. The number of aromatic nitrogens is 1. The Morgan fingerprint density at radius 1 is 1.24 bits per heavy atom. The van der Waals surface area contributed by atoms with Crippen molar-refractivity contribution < 1.29 is 4.79 Å². The molecule has 0 aliphatic heterocycles. The molecule has 4 N–H and O–H groups in total. The van der Waals surface area contributed by atoms with E-state index in [9.17, 15) is 4.79 Å². The lowest BCUT2D eigenvalue weighted by molar-refractivity contribution is 0.100. The number of primary amides is 1. The van der Waals surface area contributed by atoms with E-state index in [2.05, 4.69) is 16.4 Å². The van der Waals surface area contributed by atoms with Gasteiger partial charge in [0.15, 0.2) is 0 Å². The molecular weight excluding hydrogens is 286 g/mol. The number of hydrogen-bond acceptors (Lipinski definition) is 2. The van der Waals surface area contributed by atoms with Crippen molar-refractivity contribution in [3.63, 3.8) is 0 Å². The van der Waals surface area contributed by atoms with Gasteiger partial charge in [-0.2, -0.15) is 0 Å². The van der Waals surface area contributed by atoms with Crippen LogP contribution in [0.5, 0.6) is 0 Å². The number of para-hydroxylation sites is 1. The number of nitrogens with two attached hydrogens (primary N) is 1. The van der Waals surface area contributed by atoms with E-state index in [-0.39, 0.29) is 0 Å². The van der Waals surface area contributed by atoms with Crippen LogP contribution >= 0.6 is 11.6 Å². The Morgan fingerprint density at radius 2 is 2.05 bits per heavy atom. The second kappa shape index (κ2) is 5.50. The lowest BCUT2D eigenvalue weighted by Crippen LogP contribution is -2.11. The van der Waals surface area contributed by atoms with Gasteiger partial charge in [0.1, 0.15) is 0 Å². The fourth-order valence-electron chi connectivity index (χ4n) is 2.30. The molecule has 1 aromatic heterocycles. The molecule has 0 saturated carbocycles. The molecule has 0 atom stereocenters. The number of hydrogen-bond donors (Lipinski definition) is 3. The molecule has 2 aromatic carbocycles. The smallest absolute Gasteiger partial charge is 0.250 e. The first-order valence-electron chi connectivity index (χ1n) is 6.53. The highest BCUT2D eigenvalue weighted by Gasteiger charge is 2.07. The monoisotopic (exact) mass is 299 g/mol. The Balaban J connectivity index is 1.79. The van der Waals surface area contributed by atoms with Gasteiger partial charge in [-0.05, 0) is 29.8 Å². The molecule has 106 valence electrons. The van der Waals surface area contributed by atoms with Crippen LogP contribution in [0.1, 0.15) is 15.9 Å². The number of aromatic amines is 1. The third-order valence-corrected chi connectivity index (χ3v) is 3.71. The fraction of sp³-hybridized carbons (Fsp3) is 0.0625. The van der Waals surface area contributed by atoms with E-state index in [0.717, 1.165) is 11.2 Å². The molecule has 0 spiro atoms. The van der Waals surface area contributed by atoms with E-state index < -0.39 is 5.91 Å². The molecular formula is C16H14ClN3O. The molecule has 1 amide bonds. The second-order valence-corrected chi connectivity index (χ2v) is 5.18. The summed E-state index contributed by atoms with van der Waals surface area (Å²) in [6.07, 6.45) is 1.98. The maximum absolute atomic E-state index is 11.1. The van der Waals surface area contributed by atoms with Crippen molar-refractivity contribution in [2.24, 2.45) is 5.73 Å². The molecule has 0 saturated heterocycles. The number of anilines is 1. The zero-order valence-corrected chi connectivity index (χ0v) is 11.9. The van der Waals surface area contributed by atoms with Crippen LogP contribution in [0.4, 0.5) is 5.69 Å². The summed E-state index contributed by atoms with van der Waals surface area (Å²) >= 11 is 6.03. The largest absolute Gasteiger partial charge is 0.381 e. The predicted molar refractivity (Wildman–Crippen MR) is 85.6 cm³/mol. The van der Waals surface area contributed by atoms with Crippen LogP contribution in [0.25, 0.3) is 10.9 Å². The van der Waals surface area contributed by atoms with Gasteiger partial charge in [0.05, 0.1) is 10.6 Å². The van der Waals surface area contributed by atoms with Crippen LogP contribution in [-0.4, -0.2) is 10.9 Å². The standard InChI is InChI=1S/C16H14ClN3O/c17-14-7-11(5-6-13(14)16(18)21)19-8-10-9-20-15-4-2-1-3-12(10)15/h1-7,9,19-20H,8H2,(H2,18,21). The van der Waals surface area contributed by atoms with E-state index in [1.165, 1.54) is 10.9 Å². The van der Waals surface area contributed by atoms with Gasteiger partial charge in [-0.3, -0.25) is 4.79 Å². The predicted octanol–water partition coefficient (Wildman–Crippen LogP) is 3.53. The maximum atomic E-state index is 11.1. The highest BCUT2D eigenvalue weighted by Crippen LogP contribution is 2.23. The summed E-state index contributed by atoms with van der Waals surface area (Å²) in [5.74, 6) is -0.525. The molecule has 0 radical (unpaired) electrons. The van der Waals surface area contributed by atoms with Crippen molar-refractivity contribution in [2.45, 2.75) is 6.54 Å². The number of amides is 1. The summed E-state index contributed by atoms with van der Waals surface area (Å²) in [6.45, 7) is 0.663. The summed E-state index contributed by atoms with van der Waals surface area (Å²) in [7, 11) is 0. The van der Waals surface area contributed by atoms with Gasteiger partial charge >= 0.3 is 0 Å². The summed E-state index contributed by atoms with van der Waals surface area (Å²) < 4.78 is 0. The number of H-pyrrole nitrogens is 1. The Morgan fingerprint density at radius 3 is 2.81 bits per heavy atom. The Labute approximate surface area is 126 Å². The van der Waals surface area contributed by atoms with Crippen LogP contribution in [0.15, 0.2) is 48.7 Å². The van der Waals surface area contributed by atoms with Gasteiger partial charge < -0.3 is 16.0 Å². The van der Waals surface area contributed by atoms with Crippen LogP contribution in [0.3, 0.4) is 0 Å². The van der Waals surface area contributed by atoms with E-state index in [0.29, 0.717) is 17.1 Å². The first-order valence-corrected chi connectivity index (χ1v) is 6.91. The first-order chi connectivity index (χ1) is 10.1. The molecule has 0 aliphatic rings. The van der Waals surface area contributed by atoms with Gasteiger partial charge in [-0.15, -0.1) is 0 Å². The molecule has 0 unspecified atom stereocenters. The Bertz CT molecular complexity index is 810. The average Bonchev–Trinajstić information content (AvgIpc) is 2.88. The molecule has 0 bridgehead atoms. The number of carbonyl (C=O) groups is 1. The van der Waals surface area contributed by atoms with Crippen LogP contribution in [0, 0.1) is 0 Å². The third-order valence-electron chi connectivity index (χ3n) is 3.39. The summed E-state index contributed by atoms with van der Waals surface area (Å²) in [4.78, 5) is 14.4. The molecule has 1 heterocycles. The Hall–Kier alpha value is -2.46. The molecule has 0 aliphatic carbocycles. The minimum absolute atomic E-state index is 0.328. The third kappa shape index (κ3) is 2.71. The number of carbonyl (C=O) groups excluding carboxylic acids is 1. The molecule has 0 fully saturated rings. The Kier molecular flexibility index (Phi) is 3.54. The number of halogens is 1. The van der Waals surface area contributed by atoms with E-state index in [1.807, 2.05) is 24.4 Å². The van der Waals surface area contributed by atoms with Gasteiger partial charge in [-0.25, -0.2) is 0 Å². The topological polar surface area (TPSA) is 70.9 Å². The SMILES string of the molecule is NC(=O)c1ccc(NCc2c[nH]c3ccccc23)cc1Cl. The van der Waals surface area contributed by atoms with Crippen molar-refractivity contribution in [2.75, 3.05) is 5.32 Å². The minimum Gasteiger partial charge on any atom is -0.381 e. The summed E-state index contributed by atoms with van der Waals surface area (Å²) in [5, 5.41) is 4.83. The maximum Gasteiger partial charge on any atom is 0.250 e. The molecule has 21 heavy (non-hydrogen) atoms. The normalized spacial score (nSPS) is 10.7. The van der Waals surface area contributed by atoms with E-state index >= 15 is 0 Å². The average molecular weight is 300 g/mol. The quantitative estimate of drug-likeness (QED) is 0.689. The van der Waals surface area contributed by atoms with Crippen molar-refractivity contribution in [1.29, 1.82) is 0 Å². The lowest BCUT2D eigenvalue weighted by atomic mass is 10.1. The highest BCUT2D eigenvalue weighted by atomic mass is 35.5. The first kappa shape index (κ1) is 13.5. The zero-order chi connectivity index (χ0) is 14.8. The minimum atomic E-state index is -0.525. The van der Waals surface area contributed by atoms with Gasteiger partial charge in [0, 0.05) is 29.3 Å². The zero-order valence-electron chi connectivity index (χ0n) is 11.2. The van der Waals surface area contributed by atoms with Crippen molar-refractivity contribution in [3.05, 3.63) is 64.8 Å². The summed E-state index contributed by atoms with van der Waals surface area (Å²) in [6, 6.07) is 13.2. The molecule has 3 aromatic rings.